The summed E-state index contributed by atoms with van der Waals surface area (Å²) in [5.74, 6) is 0.697. The number of nitrogens with one attached hydrogen (secondary N) is 1. The van der Waals surface area contributed by atoms with Gasteiger partial charge in [-0.1, -0.05) is 23.8 Å². The van der Waals surface area contributed by atoms with Crippen molar-refractivity contribution >= 4 is 16.1 Å². The quantitative estimate of drug-likeness (QED) is 0.759. The van der Waals surface area contributed by atoms with Crippen LogP contribution in [0.3, 0.4) is 0 Å². The van der Waals surface area contributed by atoms with E-state index in [9.17, 15) is 13.2 Å². The van der Waals surface area contributed by atoms with Crippen molar-refractivity contribution in [3.05, 3.63) is 59.2 Å². The molecule has 29 heavy (non-hydrogen) atoms. The monoisotopic (exact) mass is 417 g/mol. The third-order valence-electron chi connectivity index (χ3n) is 5.13. The number of carbonyl (C=O) groups excluding carboxylic acids is 1. The molecule has 0 spiro atoms. The molecule has 0 bridgehead atoms. The zero-order valence-corrected chi connectivity index (χ0v) is 17.8. The summed E-state index contributed by atoms with van der Waals surface area (Å²) in [4.78, 5) is 14.2. The Morgan fingerprint density at radius 2 is 1.62 bits per heavy atom. The van der Waals surface area contributed by atoms with Gasteiger partial charge in [-0.2, -0.15) is 4.31 Å². The van der Waals surface area contributed by atoms with E-state index in [0.717, 1.165) is 11.1 Å². The van der Waals surface area contributed by atoms with E-state index in [1.807, 2.05) is 39.0 Å². The summed E-state index contributed by atoms with van der Waals surface area (Å²) in [6, 6.07) is 12.3. The zero-order chi connectivity index (χ0) is 21.0. The molecule has 2 aromatic carbocycles. The Morgan fingerprint density at radius 3 is 2.24 bits per heavy atom. The molecule has 1 aliphatic heterocycles. The number of amides is 2. The molecule has 1 saturated heterocycles. The first-order valence-electron chi connectivity index (χ1n) is 9.57. The van der Waals surface area contributed by atoms with Gasteiger partial charge in [0.2, 0.25) is 10.0 Å². The first-order chi connectivity index (χ1) is 13.8. The molecular formula is C21H27N3O4S. The largest absolute Gasteiger partial charge is 0.473 e. The van der Waals surface area contributed by atoms with Crippen molar-refractivity contribution in [2.45, 2.75) is 25.7 Å². The molecule has 0 atom stereocenters. The minimum Gasteiger partial charge on any atom is -0.473 e. The van der Waals surface area contributed by atoms with Crippen molar-refractivity contribution in [2.75, 3.05) is 32.9 Å². The third kappa shape index (κ3) is 5.07. The van der Waals surface area contributed by atoms with Crippen LogP contribution < -0.4 is 10.1 Å². The predicted octanol–water partition coefficient (Wildman–Crippen LogP) is 2.66. The van der Waals surface area contributed by atoms with Crippen LogP contribution >= 0.6 is 0 Å². The van der Waals surface area contributed by atoms with Gasteiger partial charge in [-0.25, -0.2) is 13.2 Å². The number of sulfonamides is 1. The Labute approximate surface area is 172 Å². The van der Waals surface area contributed by atoms with E-state index in [-0.39, 0.29) is 30.7 Å². The number of aryl methyl sites for hydroxylation is 3. The van der Waals surface area contributed by atoms with Gasteiger partial charge in [0, 0.05) is 26.2 Å². The number of piperazine rings is 1. The van der Waals surface area contributed by atoms with Crippen molar-refractivity contribution in [3.8, 4) is 5.75 Å². The summed E-state index contributed by atoms with van der Waals surface area (Å²) in [5.41, 5.74) is 3.31. The van der Waals surface area contributed by atoms with Crippen molar-refractivity contribution in [1.82, 2.24) is 14.5 Å². The minimum absolute atomic E-state index is 0.0587. The summed E-state index contributed by atoms with van der Waals surface area (Å²) < 4.78 is 32.5. The molecule has 1 fully saturated rings. The average molecular weight is 418 g/mol. The SMILES string of the molecule is Cc1ccc(S(=O)(=O)N2CCN(C(=O)NCOc3ccc(C)c(C)c3)CC2)cc1. The number of benzene rings is 2. The molecule has 2 aromatic rings. The van der Waals surface area contributed by atoms with Crippen molar-refractivity contribution in [1.29, 1.82) is 0 Å². The summed E-state index contributed by atoms with van der Waals surface area (Å²) in [6.07, 6.45) is 0. The third-order valence-corrected chi connectivity index (χ3v) is 7.04. The Morgan fingerprint density at radius 1 is 0.966 bits per heavy atom. The molecular weight excluding hydrogens is 390 g/mol. The van der Waals surface area contributed by atoms with E-state index in [4.69, 9.17) is 4.74 Å². The van der Waals surface area contributed by atoms with Crippen LogP contribution in [-0.4, -0.2) is 56.6 Å². The smallest absolute Gasteiger partial charge is 0.320 e. The number of ether oxygens (including phenoxy) is 1. The average Bonchev–Trinajstić information content (AvgIpc) is 2.71. The number of carbonyl (C=O) groups is 1. The molecule has 0 aromatic heterocycles. The first-order valence-corrected chi connectivity index (χ1v) is 11.0. The Kier molecular flexibility index (Phi) is 6.44. The maximum atomic E-state index is 12.7. The maximum absolute atomic E-state index is 12.7. The normalized spacial score (nSPS) is 15.2. The maximum Gasteiger partial charge on any atom is 0.320 e. The van der Waals surface area contributed by atoms with E-state index in [0.29, 0.717) is 18.8 Å². The summed E-state index contributed by atoms with van der Waals surface area (Å²) in [6.45, 7) is 7.20. The first kappa shape index (κ1) is 21.1. The van der Waals surface area contributed by atoms with Gasteiger partial charge in [0.25, 0.3) is 0 Å². The highest BCUT2D eigenvalue weighted by molar-refractivity contribution is 7.89. The van der Waals surface area contributed by atoms with E-state index in [1.165, 1.54) is 9.87 Å². The molecule has 3 rings (SSSR count). The van der Waals surface area contributed by atoms with E-state index >= 15 is 0 Å². The molecule has 0 unspecified atom stereocenters. The van der Waals surface area contributed by atoms with Crippen LogP contribution in [0.2, 0.25) is 0 Å². The molecule has 0 saturated carbocycles. The van der Waals surface area contributed by atoms with Gasteiger partial charge in [0.05, 0.1) is 4.90 Å². The molecule has 2 amide bonds. The van der Waals surface area contributed by atoms with Gasteiger partial charge >= 0.3 is 6.03 Å². The number of nitrogens with zero attached hydrogens (tertiary/aromatic N) is 2. The number of rotatable bonds is 5. The molecule has 1 aliphatic rings. The predicted molar refractivity (Wildman–Crippen MR) is 111 cm³/mol. The molecule has 1 heterocycles. The van der Waals surface area contributed by atoms with Crippen LogP contribution in [-0.2, 0) is 10.0 Å². The van der Waals surface area contributed by atoms with Gasteiger partial charge in [-0.05, 0) is 56.2 Å². The Hall–Kier alpha value is -2.58. The number of hydrogen-bond donors (Lipinski definition) is 1. The standard InChI is InChI=1S/C21H27N3O4S/c1-16-4-8-20(9-5-16)29(26,27)24-12-10-23(11-13-24)21(25)22-15-28-19-7-6-17(2)18(3)14-19/h4-9,14H,10-13,15H2,1-3H3,(H,22,25). The number of urea groups is 1. The Bertz CT molecular complexity index is 966. The van der Waals surface area contributed by atoms with Crippen LogP contribution in [0.25, 0.3) is 0 Å². The van der Waals surface area contributed by atoms with Crippen LogP contribution in [0.1, 0.15) is 16.7 Å². The lowest BCUT2D eigenvalue weighted by Gasteiger charge is -2.34. The topological polar surface area (TPSA) is 79.0 Å². The van der Waals surface area contributed by atoms with Crippen molar-refractivity contribution < 1.29 is 17.9 Å². The molecule has 1 N–H and O–H groups in total. The van der Waals surface area contributed by atoms with Crippen LogP contribution in [0, 0.1) is 20.8 Å². The van der Waals surface area contributed by atoms with Crippen LogP contribution in [0.5, 0.6) is 5.75 Å². The lowest BCUT2D eigenvalue weighted by atomic mass is 10.1. The lowest BCUT2D eigenvalue weighted by molar-refractivity contribution is 0.162. The van der Waals surface area contributed by atoms with E-state index in [1.54, 1.807) is 29.2 Å². The fraction of sp³-hybridized carbons (Fsp3) is 0.381. The Balaban J connectivity index is 1.49. The van der Waals surface area contributed by atoms with Crippen LogP contribution in [0.4, 0.5) is 4.79 Å². The summed E-state index contributed by atoms with van der Waals surface area (Å²) in [5, 5.41) is 2.72. The second-order valence-corrected chi connectivity index (χ2v) is 9.16. The van der Waals surface area contributed by atoms with Gasteiger partial charge < -0.3 is 15.0 Å². The van der Waals surface area contributed by atoms with E-state index < -0.39 is 10.0 Å². The highest BCUT2D eigenvalue weighted by atomic mass is 32.2. The highest BCUT2D eigenvalue weighted by Gasteiger charge is 2.30. The lowest BCUT2D eigenvalue weighted by Crippen LogP contribution is -2.53. The molecule has 8 heteroatoms. The summed E-state index contributed by atoms with van der Waals surface area (Å²) >= 11 is 0. The van der Waals surface area contributed by atoms with Gasteiger partial charge in [-0.3, -0.25) is 0 Å². The molecule has 0 aliphatic carbocycles. The van der Waals surface area contributed by atoms with Gasteiger partial charge in [0.15, 0.2) is 6.73 Å². The van der Waals surface area contributed by atoms with Crippen LogP contribution in [0.15, 0.2) is 47.4 Å². The molecule has 0 radical (unpaired) electrons. The second kappa shape index (κ2) is 8.84. The van der Waals surface area contributed by atoms with Gasteiger partial charge in [-0.15, -0.1) is 0 Å². The summed E-state index contributed by atoms with van der Waals surface area (Å²) in [7, 11) is -3.54. The highest BCUT2D eigenvalue weighted by Crippen LogP contribution is 2.18. The zero-order valence-electron chi connectivity index (χ0n) is 17.0. The minimum atomic E-state index is -3.54. The van der Waals surface area contributed by atoms with Gasteiger partial charge in [0.1, 0.15) is 5.75 Å². The van der Waals surface area contributed by atoms with Crippen molar-refractivity contribution in [2.24, 2.45) is 0 Å². The fourth-order valence-corrected chi connectivity index (χ4v) is 4.51. The van der Waals surface area contributed by atoms with E-state index in [2.05, 4.69) is 5.32 Å². The molecule has 156 valence electrons. The number of hydrogen-bond acceptors (Lipinski definition) is 4. The molecule has 7 nitrogen and oxygen atoms in total. The second-order valence-electron chi connectivity index (χ2n) is 7.22. The van der Waals surface area contributed by atoms with Crippen molar-refractivity contribution in [3.63, 3.8) is 0 Å². The fourth-order valence-electron chi connectivity index (χ4n) is 3.09.